The third-order valence-electron chi connectivity index (χ3n) is 1.95. The number of hydrogen-bond acceptors (Lipinski definition) is 4. The fourth-order valence-electron chi connectivity index (χ4n) is 1.25. The highest BCUT2D eigenvalue weighted by Gasteiger charge is 2.26. The lowest BCUT2D eigenvalue weighted by Gasteiger charge is -2.18. The van der Waals surface area contributed by atoms with Crippen molar-refractivity contribution in [2.24, 2.45) is 0 Å². The minimum atomic E-state index is 0.0659. The number of rotatable bonds is 2. The second-order valence-electron chi connectivity index (χ2n) is 2.90. The lowest BCUT2D eigenvalue weighted by Crippen LogP contribution is -2.24. The van der Waals surface area contributed by atoms with Gasteiger partial charge in [0.05, 0.1) is 16.0 Å². The van der Waals surface area contributed by atoms with Gasteiger partial charge in [-0.05, 0) is 22.0 Å². The molecule has 0 aromatic carbocycles. The van der Waals surface area contributed by atoms with Crippen molar-refractivity contribution in [1.82, 2.24) is 0 Å². The van der Waals surface area contributed by atoms with Gasteiger partial charge in [0.25, 0.3) is 0 Å². The first-order chi connectivity index (χ1) is 6.79. The summed E-state index contributed by atoms with van der Waals surface area (Å²) in [4.78, 5) is 11.9. The fourth-order valence-corrected chi connectivity index (χ4v) is 4.26. The normalized spacial score (nSPS) is 22.2. The second kappa shape index (κ2) is 4.77. The van der Waals surface area contributed by atoms with Crippen LogP contribution in [-0.4, -0.2) is 28.3 Å². The quantitative estimate of drug-likeness (QED) is 0.784. The number of carbonyl (C=O) groups is 1. The van der Waals surface area contributed by atoms with Crippen LogP contribution in [-0.2, 0) is 0 Å². The summed E-state index contributed by atoms with van der Waals surface area (Å²) in [6.07, 6.45) is 1.54. The monoisotopic (exact) mass is 292 g/mol. The zero-order chi connectivity index (χ0) is 9.97. The summed E-state index contributed by atoms with van der Waals surface area (Å²) in [6.45, 7) is 0. The molecule has 0 radical (unpaired) electrons. The predicted molar refractivity (Wildman–Crippen MR) is 64.3 cm³/mol. The molecule has 2 nitrogen and oxygen atoms in total. The highest BCUT2D eigenvalue weighted by Crippen LogP contribution is 2.29. The van der Waals surface area contributed by atoms with Gasteiger partial charge in [0.15, 0.2) is 5.76 Å². The molecular weight excluding hydrogens is 284 g/mol. The van der Waals surface area contributed by atoms with E-state index < -0.39 is 0 Å². The Bertz CT molecular complexity index is 331. The van der Waals surface area contributed by atoms with E-state index in [1.165, 1.54) is 6.26 Å². The summed E-state index contributed by atoms with van der Waals surface area (Å²) in [7, 11) is 0. The van der Waals surface area contributed by atoms with Crippen molar-refractivity contribution in [3.8, 4) is 0 Å². The van der Waals surface area contributed by atoms with Gasteiger partial charge in [-0.15, -0.1) is 11.8 Å². The zero-order valence-electron chi connectivity index (χ0n) is 7.36. The number of carbonyl (C=O) groups excluding carboxylic acids is 1. The minimum Gasteiger partial charge on any atom is -0.460 e. The molecule has 0 amide bonds. The van der Waals surface area contributed by atoms with Crippen LogP contribution in [0.1, 0.15) is 10.6 Å². The fraction of sp³-hybridized carbons (Fsp3) is 0.444. The Hall–Kier alpha value is 0.130. The van der Waals surface area contributed by atoms with E-state index in [2.05, 4.69) is 15.9 Å². The van der Waals surface area contributed by atoms with Gasteiger partial charge in [-0.1, -0.05) is 0 Å². The van der Waals surface area contributed by atoms with E-state index in [0.717, 1.165) is 21.7 Å². The maximum atomic E-state index is 11.9. The molecule has 1 atom stereocenters. The average Bonchev–Trinajstić information content (AvgIpc) is 2.65. The molecule has 76 valence electrons. The van der Waals surface area contributed by atoms with E-state index in [0.29, 0.717) is 5.76 Å². The number of furan rings is 1. The molecule has 0 saturated carbocycles. The average molecular weight is 293 g/mol. The Morgan fingerprint density at radius 1 is 1.57 bits per heavy atom. The highest BCUT2D eigenvalue weighted by atomic mass is 79.9. The molecule has 0 aliphatic carbocycles. The molecule has 1 unspecified atom stereocenters. The van der Waals surface area contributed by atoms with Crippen molar-refractivity contribution in [2.75, 3.05) is 17.3 Å². The summed E-state index contributed by atoms with van der Waals surface area (Å²) >= 11 is 6.87. The van der Waals surface area contributed by atoms with E-state index in [1.54, 1.807) is 17.8 Å². The smallest absolute Gasteiger partial charge is 0.212 e. The van der Waals surface area contributed by atoms with Gasteiger partial charge in [-0.2, -0.15) is 11.8 Å². The molecular formula is C9H9BrO2S2. The Morgan fingerprint density at radius 3 is 3.00 bits per heavy atom. The first kappa shape index (κ1) is 10.6. The SMILES string of the molecule is O=C(c1occc1Br)C1CSCCS1. The molecule has 1 fully saturated rings. The number of hydrogen-bond donors (Lipinski definition) is 0. The molecule has 2 heterocycles. The van der Waals surface area contributed by atoms with Crippen LogP contribution in [0.2, 0.25) is 0 Å². The lowest BCUT2D eigenvalue weighted by atomic mass is 10.2. The van der Waals surface area contributed by atoms with Gasteiger partial charge in [-0.3, -0.25) is 4.79 Å². The van der Waals surface area contributed by atoms with Gasteiger partial charge in [0.2, 0.25) is 5.78 Å². The van der Waals surface area contributed by atoms with E-state index in [1.807, 2.05) is 11.8 Å². The van der Waals surface area contributed by atoms with Crippen molar-refractivity contribution in [3.63, 3.8) is 0 Å². The van der Waals surface area contributed by atoms with Crippen LogP contribution in [0.5, 0.6) is 0 Å². The Labute approximate surface area is 99.3 Å². The predicted octanol–water partition coefficient (Wildman–Crippen LogP) is 3.07. The van der Waals surface area contributed by atoms with Crippen LogP contribution in [0.25, 0.3) is 0 Å². The van der Waals surface area contributed by atoms with Gasteiger partial charge >= 0.3 is 0 Å². The molecule has 2 rings (SSSR count). The van der Waals surface area contributed by atoms with Crippen molar-refractivity contribution in [1.29, 1.82) is 0 Å². The highest BCUT2D eigenvalue weighted by molar-refractivity contribution is 9.10. The molecule has 0 bridgehead atoms. The first-order valence-electron chi connectivity index (χ1n) is 4.25. The van der Waals surface area contributed by atoms with E-state index in [4.69, 9.17) is 4.42 Å². The second-order valence-corrected chi connectivity index (χ2v) is 6.21. The van der Waals surface area contributed by atoms with Gasteiger partial charge in [-0.25, -0.2) is 0 Å². The summed E-state index contributed by atoms with van der Waals surface area (Å²) in [5.41, 5.74) is 0. The standard InChI is InChI=1S/C9H9BrO2S2/c10-6-1-2-12-9(6)8(11)7-5-13-3-4-14-7/h1-2,7H,3-5H2. The third-order valence-corrected chi connectivity index (χ3v) is 5.33. The van der Waals surface area contributed by atoms with Crippen LogP contribution in [0.4, 0.5) is 0 Å². The molecule has 1 aliphatic rings. The third kappa shape index (κ3) is 2.20. The van der Waals surface area contributed by atoms with E-state index >= 15 is 0 Å². The minimum absolute atomic E-state index is 0.0659. The molecule has 1 aromatic rings. The number of thioether (sulfide) groups is 2. The lowest BCUT2D eigenvalue weighted by molar-refractivity contribution is 0.0967. The topological polar surface area (TPSA) is 30.2 Å². The molecule has 0 spiro atoms. The molecule has 0 N–H and O–H groups in total. The van der Waals surface area contributed by atoms with Crippen LogP contribution in [0, 0.1) is 0 Å². The van der Waals surface area contributed by atoms with Crippen molar-refractivity contribution in [2.45, 2.75) is 5.25 Å². The zero-order valence-corrected chi connectivity index (χ0v) is 10.6. The Balaban J connectivity index is 2.11. The van der Waals surface area contributed by atoms with E-state index in [9.17, 15) is 4.79 Å². The summed E-state index contributed by atoms with van der Waals surface area (Å²) in [5, 5.41) is 0.0659. The van der Waals surface area contributed by atoms with Gasteiger partial charge in [0, 0.05) is 17.3 Å². The largest absolute Gasteiger partial charge is 0.460 e. The van der Waals surface area contributed by atoms with Crippen molar-refractivity contribution in [3.05, 3.63) is 22.6 Å². The van der Waals surface area contributed by atoms with Crippen LogP contribution < -0.4 is 0 Å². The maximum Gasteiger partial charge on any atom is 0.212 e. The summed E-state index contributed by atoms with van der Waals surface area (Å²) in [6, 6.07) is 1.76. The Kier molecular flexibility index (Phi) is 3.62. The molecule has 1 saturated heterocycles. The summed E-state index contributed by atoms with van der Waals surface area (Å²) in [5.74, 6) is 3.67. The first-order valence-corrected chi connectivity index (χ1v) is 7.25. The van der Waals surface area contributed by atoms with Crippen LogP contribution >= 0.6 is 39.5 Å². The maximum absolute atomic E-state index is 11.9. The number of halogens is 1. The molecule has 14 heavy (non-hydrogen) atoms. The molecule has 1 aliphatic heterocycles. The Morgan fingerprint density at radius 2 is 2.43 bits per heavy atom. The van der Waals surface area contributed by atoms with Gasteiger partial charge in [0.1, 0.15) is 0 Å². The van der Waals surface area contributed by atoms with Crippen molar-refractivity contribution < 1.29 is 9.21 Å². The number of Topliss-reactive ketones (excluding diaryl/α,β-unsaturated/α-hetero) is 1. The summed E-state index contributed by atoms with van der Waals surface area (Å²) < 4.78 is 5.92. The van der Waals surface area contributed by atoms with Gasteiger partial charge < -0.3 is 4.42 Å². The van der Waals surface area contributed by atoms with Crippen LogP contribution in [0.3, 0.4) is 0 Å². The van der Waals surface area contributed by atoms with Crippen LogP contribution in [0.15, 0.2) is 21.2 Å². The number of ketones is 1. The van der Waals surface area contributed by atoms with Crippen molar-refractivity contribution >= 4 is 45.2 Å². The molecule has 1 aromatic heterocycles. The molecule has 5 heteroatoms. The van der Waals surface area contributed by atoms with E-state index in [-0.39, 0.29) is 11.0 Å².